The summed E-state index contributed by atoms with van der Waals surface area (Å²) in [5.74, 6) is -0.973. The average molecular weight is 331 g/mol. The van der Waals surface area contributed by atoms with E-state index in [0.29, 0.717) is 24.4 Å². The lowest BCUT2D eigenvalue weighted by molar-refractivity contribution is -0.123. The van der Waals surface area contributed by atoms with Crippen molar-refractivity contribution >= 4 is 17.5 Å². The van der Waals surface area contributed by atoms with E-state index in [4.69, 9.17) is 4.84 Å². The van der Waals surface area contributed by atoms with Crippen LogP contribution in [0.5, 0.6) is 0 Å². The van der Waals surface area contributed by atoms with E-state index in [0.717, 1.165) is 25.9 Å². The monoisotopic (exact) mass is 331 g/mol. The number of likely N-dealkylation sites (tertiary alicyclic amines) is 2. The summed E-state index contributed by atoms with van der Waals surface area (Å²) >= 11 is 0. The number of amides is 2. The first kappa shape index (κ1) is 15.1. The molecule has 0 bridgehead atoms. The third kappa shape index (κ3) is 2.53. The van der Waals surface area contributed by atoms with Crippen LogP contribution in [-0.4, -0.2) is 59.6 Å². The molecule has 4 rings (SSSR count). The number of carbonyl (C=O) groups excluding carboxylic acids is 2. The molecule has 2 atom stereocenters. The maximum atomic E-state index is 13.3. The van der Waals surface area contributed by atoms with Gasteiger partial charge in [-0.05, 0) is 31.0 Å². The van der Waals surface area contributed by atoms with Crippen LogP contribution in [0.15, 0.2) is 29.4 Å². The molecule has 3 aliphatic heterocycles. The number of benzene rings is 1. The van der Waals surface area contributed by atoms with E-state index in [1.807, 2.05) is 0 Å². The van der Waals surface area contributed by atoms with E-state index in [-0.39, 0.29) is 23.8 Å². The van der Waals surface area contributed by atoms with E-state index in [1.54, 1.807) is 15.9 Å². The molecule has 0 N–H and O–H groups in total. The third-order valence-corrected chi connectivity index (χ3v) is 4.88. The van der Waals surface area contributed by atoms with Gasteiger partial charge in [-0.3, -0.25) is 9.59 Å². The summed E-state index contributed by atoms with van der Waals surface area (Å²) < 4.78 is 13.3. The number of nitrogens with zero attached hydrogens (tertiary/aromatic N) is 3. The second kappa shape index (κ2) is 5.89. The molecule has 0 saturated carbocycles. The highest BCUT2D eigenvalue weighted by Gasteiger charge is 2.47. The molecule has 0 aromatic heterocycles. The SMILES string of the molecule is O=C(C1=NO[C@@H]2CN(C(=O)c3cccc(F)c3)C[C@H]12)N1CCCC1. The van der Waals surface area contributed by atoms with Crippen molar-refractivity contribution in [2.45, 2.75) is 18.9 Å². The Hall–Kier alpha value is -2.44. The van der Waals surface area contributed by atoms with E-state index < -0.39 is 5.82 Å². The number of oxime groups is 1. The summed E-state index contributed by atoms with van der Waals surface area (Å²) in [7, 11) is 0. The second-order valence-corrected chi connectivity index (χ2v) is 6.45. The Labute approximate surface area is 138 Å². The zero-order valence-corrected chi connectivity index (χ0v) is 13.2. The molecular weight excluding hydrogens is 313 g/mol. The number of hydrogen-bond acceptors (Lipinski definition) is 4. The van der Waals surface area contributed by atoms with Crippen molar-refractivity contribution in [1.82, 2.24) is 9.80 Å². The molecule has 7 heteroatoms. The van der Waals surface area contributed by atoms with Crippen LogP contribution in [0.4, 0.5) is 4.39 Å². The predicted molar refractivity (Wildman–Crippen MR) is 83.9 cm³/mol. The zero-order chi connectivity index (χ0) is 16.7. The molecule has 6 nitrogen and oxygen atoms in total. The Balaban J connectivity index is 1.47. The van der Waals surface area contributed by atoms with Gasteiger partial charge in [-0.1, -0.05) is 11.2 Å². The molecular formula is C17H18FN3O3. The Kier molecular flexibility index (Phi) is 3.70. The average Bonchev–Trinajstić information content (AvgIpc) is 3.29. The summed E-state index contributed by atoms with van der Waals surface area (Å²) in [5.41, 5.74) is 0.718. The molecule has 3 heterocycles. The fourth-order valence-corrected chi connectivity index (χ4v) is 3.59. The van der Waals surface area contributed by atoms with Crippen molar-refractivity contribution in [2.24, 2.45) is 11.1 Å². The summed E-state index contributed by atoms with van der Waals surface area (Å²) in [6, 6.07) is 5.63. The van der Waals surface area contributed by atoms with Crippen LogP contribution in [0.3, 0.4) is 0 Å². The lowest BCUT2D eigenvalue weighted by Crippen LogP contribution is -2.39. The first-order valence-electron chi connectivity index (χ1n) is 8.21. The number of fused-ring (bicyclic) bond motifs is 1. The van der Waals surface area contributed by atoms with Gasteiger partial charge in [-0.25, -0.2) is 4.39 Å². The van der Waals surface area contributed by atoms with Gasteiger partial charge >= 0.3 is 0 Å². The van der Waals surface area contributed by atoms with E-state index >= 15 is 0 Å². The maximum Gasteiger partial charge on any atom is 0.272 e. The molecule has 1 aromatic carbocycles. The minimum atomic E-state index is -0.442. The Morgan fingerprint density at radius 1 is 1.12 bits per heavy atom. The standard InChI is InChI=1S/C17H18FN3O3/c18-12-5-3-4-11(8-12)16(22)21-9-13-14(10-21)24-19-15(13)17(23)20-6-1-2-7-20/h3-5,8,13-14H,1-2,6-7,9-10H2/t13-,14+/m0/s1. The topological polar surface area (TPSA) is 62.2 Å². The molecule has 3 aliphatic rings. The summed E-state index contributed by atoms with van der Waals surface area (Å²) in [5, 5.41) is 3.97. The second-order valence-electron chi connectivity index (χ2n) is 6.45. The highest BCUT2D eigenvalue weighted by atomic mass is 19.1. The summed E-state index contributed by atoms with van der Waals surface area (Å²) in [6.45, 7) is 2.24. The fraction of sp³-hybridized carbons (Fsp3) is 0.471. The number of halogens is 1. The quantitative estimate of drug-likeness (QED) is 0.820. The summed E-state index contributed by atoms with van der Waals surface area (Å²) in [4.78, 5) is 33.9. The number of carbonyl (C=O) groups is 2. The molecule has 0 spiro atoms. The first-order chi connectivity index (χ1) is 11.6. The highest BCUT2D eigenvalue weighted by molar-refractivity contribution is 6.40. The van der Waals surface area contributed by atoms with Gasteiger partial charge in [0.15, 0.2) is 11.8 Å². The normalized spacial score (nSPS) is 25.5. The largest absolute Gasteiger partial charge is 0.389 e. The van der Waals surface area contributed by atoms with Gasteiger partial charge in [-0.15, -0.1) is 0 Å². The van der Waals surface area contributed by atoms with Crippen LogP contribution >= 0.6 is 0 Å². The van der Waals surface area contributed by atoms with Crippen LogP contribution in [0.25, 0.3) is 0 Å². The van der Waals surface area contributed by atoms with E-state index in [2.05, 4.69) is 5.16 Å². The minimum absolute atomic E-state index is 0.0833. The molecule has 126 valence electrons. The van der Waals surface area contributed by atoms with Crippen molar-refractivity contribution in [1.29, 1.82) is 0 Å². The minimum Gasteiger partial charge on any atom is -0.389 e. The van der Waals surface area contributed by atoms with Crippen LogP contribution in [0.2, 0.25) is 0 Å². The zero-order valence-electron chi connectivity index (χ0n) is 13.2. The molecule has 0 unspecified atom stereocenters. The molecule has 0 aliphatic carbocycles. The van der Waals surface area contributed by atoms with Crippen molar-refractivity contribution in [3.63, 3.8) is 0 Å². The molecule has 2 saturated heterocycles. The van der Waals surface area contributed by atoms with Crippen molar-refractivity contribution in [3.8, 4) is 0 Å². The Morgan fingerprint density at radius 2 is 1.92 bits per heavy atom. The molecule has 0 radical (unpaired) electrons. The highest BCUT2D eigenvalue weighted by Crippen LogP contribution is 2.29. The van der Waals surface area contributed by atoms with Crippen LogP contribution in [-0.2, 0) is 9.63 Å². The van der Waals surface area contributed by atoms with E-state index in [9.17, 15) is 14.0 Å². The van der Waals surface area contributed by atoms with Gasteiger partial charge in [0, 0.05) is 25.2 Å². The first-order valence-corrected chi connectivity index (χ1v) is 8.21. The van der Waals surface area contributed by atoms with Crippen molar-refractivity contribution in [3.05, 3.63) is 35.6 Å². The molecule has 1 aromatic rings. The van der Waals surface area contributed by atoms with Crippen LogP contribution in [0.1, 0.15) is 23.2 Å². The van der Waals surface area contributed by atoms with Gasteiger partial charge in [0.05, 0.1) is 12.5 Å². The predicted octanol–water partition coefficient (Wildman–Crippen LogP) is 1.27. The van der Waals surface area contributed by atoms with Gasteiger partial charge in [0.25, 0.3) is 11.8 Å². The van der Waals surface area contributed by atoms with Gasteiger partial charge in [-0.2, -0.15) is 0 Å². The van der Waals surface area contributed by atoms with Gasteiger partial charge < -0.3 is 14.6 Å². The van der Waals surface area contributed by atoms with Gasteiger partial charge in [0.2, 0.25) is 0 Å². The molecule has 2 fully saturated rings. The van der Waals surface area contributed by atoms with Crippen LogP contribution < -0.4 is 0 Å². The van der Waals surface area contributed by atoms with Crippen LogP contribution in [0, 0.1) is 11.7 Å². The lowest BCUT2D eigenvalue weighted by atomic mass is 10.00. The van der Waals surface area contributed by atoms with E-state index in [1.165, 1.54) is 18.2 Å². The summed E-state index contributed by atoms with van der Waals surface area (Å²) in [6.07, 6.45) is 1.74. The molecule has 2 amide bonds. The Morgan fingerprint density at radius 3 is 2.67 bits per heavy atom. The van der Waals surface area contributed by atoms with Crippen molar-refractivity contribution in [2.75, 3.05) is 26.2 Å². The smallest absolute Gasteiger partial charge is 0.272 e. The number of rotatable bonds is 2. The molecule has 24 heavy (non-hydrogen) atoms. The number of hydrogen-bond donors (Lipinski definition) is 0. The fourth-order valence-electron chi connectivity index (χ4n) is 3.59. The lowest BCUT2D eigenvalue weighted by Gasteiger charge is -2.18. The Bertz CT molecular complexity index is 715. The van der Waals surface area contributed by atoms with Crippen molar-refractivity contribution < 1.29 is 18.8 Å². The van der Waals surface area contributed by atoms with Gasteiger partial charge in [0.1, 0.15) is 5.82 Å². The third-order valence-electron chi connectivity index (χ3n) is 4.88. The maximum absolute atomic E-state index is 13.3.